The van der Waals surface area contributed by atoms with E-state index in [4.69, 9.17) is 0 Å². The van der Waals surface area contributed by atoms with Crippen LogP contribution in [-0.2, 0) is 10.2 Å². The minimum atomic E-state index is -4.50. The first kappa shape index (κ1) is 28.2. The second kappa shape index (κ2) is 12.1. The monoisotopic (exact) mass is 567 g/mol. The third kappa shape index (κ3) is 6.20. The van der Waals surface area contributed by atoms with Crippen LogP contribution in [0.3, 0.4) is 0 Å². The van der Waals surface area contributed by atoms with Gasteiger partial charge < -0.3 is 15.5 Å². The molecule has 40 heavy (non-hydrogen) atoms. The van der Waals surface area contributed by atoms with Crippen LogP contribution < -0.4 is 10.6 Å². The molecule has 3 aromatic carbocycles. The molecule has 2 amide bonds. The fourth-order valence-corrected chi connectivity index (χ4v) is 7.01. The topological polar surface area (TPSA) is 61.4 Å². The number of hydrogen-bond donors (Lipinski definition) is 2. The zero-order valence-corrected chi connectivity index (χ0v) is 22.9. The van der Waals surface area contributed by atoms with Crippen LogP contribution in [-0.4, -0.2) is 55.1 Å². The molecule has 0 saturated carbocycles. The molecule has 5 nitrogen and oxygen atoms in total. The van der Waals surface area contributed by atoms with Crippen molar-refractivity contribution in [2.24, 2.45) is 0 Å². The van der Waals surface area contributed by atoms with Crippen molar-refractivity contribution in [2.75, 3.05) is 26.2 Å². The second-order valence-corrected chi connectivity index (χ2v) is 11.5. The summed E-state index contributed by atoms with van der Waals surface area (Å²) in [4.78, 5) is 30.3. The van der Waals surface area contributed by atoms with E-state index in [1.807, 2.05) is 66.7 Å². The number of likely N-dealkylation sites (tertiary alicyclic amines) is 1. The van der Waals surface area contributed by atoms with Crippen LogP contribution in [0.25, 0.3) is 0 Å². The van der Waals surface area contributed by atoms with Gasteiger partial charge in [-0.1, -0.05) is 72.8 Å². The lowest BCUT2D eigenvalue weighted by Crippen LogP contribution is -2.49. The Labute approximate surface area is 236 Å². The van der Waals surface area contributed by atoms with Crippen LogP contribution in [0.2, 0.25) is 0 Å². The number of halogens is 3. The summed E-state index contributed by atoms with van der Waals surface area (Å²) in [5.74, 6) is -0.693. The molecule has 1 unspecified atom stereocenters. The molecule has 1 fully saturated rings. The van der Waals surface area contributed by atoms with Gasteiger partial charge in [-0.3, -0.25) is 9.59 Å². The maximum absolute atomic E-state index is 13.7. The van der Waals surface area contributed by atoms with E-state index >= 15 is 0 Å². The van der Waals surface area contributed by atoms with E-state index in [1.54, 1.807) is 23.9 Å². The molecule has 0 bridgehead atoms. The van der Waals surface area contributed by atoms with Crippen molar-refractivity contribution in [3.8, 4) is 0 Å². The highest BCUT2D eigenvalue weighted by Gasteiger charge is 2.47. The van der Waals surface area contributed by atoms with E-state index in [0.717, 1.165) is 53.4 Å². The highest BCUT2D eigenvalue weighted by molar-refractivity contribution is 7.99. The Balaban J connectivity index is 1.27. The Kier molecular flexibility index (Phi) is 8.51. The Morgan fingerprint density at radius 2 is 1.52 bits per heavy atom. The second-order valence-electron chi connectivity index (χ2n) is 10.4. The van der Waals surface area contributed by atoms with E-state index in [1.165, 1.54) is 0 Å². The van der Waals surface area contributed by atoms with Crippen molar-refractivity contribution in [1.29, 1.82) is 0 Å². The van der Waals surface area contributed by atoms with Crippen LogP contribution in [0.5, 0.6) is 0 Å². The standard InChI is InChI=1S/C31H32F3N3O2S/c32-31(33,34)21-35-29(39)30(24-12-4-6-14-26(24)40-27-15-7-5-13-25(27)30)17-8-9-18-37-19-16-23(20-37)36-28(38)22-10-2-1-3-11-22/h1-7,10-15,23H,8-9,16-21H2,(H,35,39)(H,36,38). The summed E-state index contributed by atoms with van der Waals surface area (Å²) in [6, 6.07) is 24.3. The molecule has 9 heteroatoms. The molecule has 1 atom stereocenters. The molecule has 5 rings (SSSR count). The summed E-state index contributed by atoms with van der Waals surface area (Å²) < 4.78 is 39.4. The van der Waals surface area contributed by atoms with Gasteiger partial charge in [-0.25, -0.2) is 0 Å². The number of amides is 2. The summed E-state index contributed by atoms with van der Waals surface area (Å²) in [5, 5.41) is 5.32. The first-order valence-corrected chi connectivity index (χ1v) is 14.4. The lowest BCUT2D eigenvalue weighted by Gasteiger charge is -2.39. The van der Waals surface area contributed by atoms with E-state index in [9.17, 15) is 22.8 Å². The molecular formula is C31H32F3N3O2S. The highest BCUT2D eigenvalue weighted by atomic mass is 32.2. The third-order valence-corrected chi connectivity index (χ3v) is 8.82. The molecular weight excluding hydrogens is 535 g/mol. The van der Waals surface area contributed by atoms with Gasteiger partial charge in [0, 0.05) is 34.5 Å². The number of carbonyl (C=O) groups excluding carboxylic acids is 2. The summed E-state index contributed by atoms with van der Waals surface area (Å²) >= 11 is 1.54. The lowest BCUT2D eigenvalue weighted by atomic mass is 9.69. The average Bonchev–Trinajstić information content (AvgIpc) is 3.40. The molecule has 0 spiro atoms. The number of hydrogen-bond acceptors (Lipinski definition) is 4. The third-order valence-electron chi connectivity index (χ3n) is 7.67. The minimum Gasteiger partial charge on any atom is -0.348 e. The molecule has 0 aliphatic carbocycles. The number of nitrogens with zero attached hydrogens (tertiary/aromatic N) is 1. The molecule has 0 aromatic heterocycles. The van der Waals surface area contributed by atoms with Crippen molar-refractivity contribution in [3.63, 3.8) is 0 Å². The van der Waals surface area contributed by atoms with E-state index < -0.39 is 24.0 Å². The zero-order chi connectivity index (χ0) is 28.2. The van der Waals surface area contributed by atoms with Gasteiger partial charge in [-0.15, -0.1) is 0 Å². The van der Waals surface area contributed by atoms with Gasteiger partial charge in [0.15, 0.2) is 0 Å². The largest absolute Gasteiger partial charge is 0.405 e. The molecule has 1 saturated heterocycles. The molecule has 210 valence electrons. The summed E-state index contributed by atoms with van der Waals surface area (Å²) in [5.41, 5.74) is 0.939. The van der Waals surface area contributed by atoms with Crippen LogP contribution >= 0.6 is 11.8 Å². The van der Waals surface area contributed by atoms with Gasteiger partial charge in [0.25, 0.3) is 5.91 Å². The first-order chi connectivity index (χ1) is 19.3. The summed E-state index contributed by atoms with van der Waals surface area (Å²) in [7, 11) is 0. The fraction of sp³-hybridized carbons (Fsp3) is 0.355. The number of rotatable bonds is 9. The molecule has 0 radical (unpaired) electrons. The number of carbonyl (C=O) groups is 2. The molecule has 2 aliphatic rings. The maximum atomic E-state index is 13.7. The van der Waals surface area contributed by atoms with Gasteiger partial charge in [-0.05, 0) is 61.2 Å². The predicted molar refractivity (Wildman–Crippen MR) is 149 cm³/mol. The smallest absolute Gasteiger partial charge is 0.348 e. The summed E-state index contributed by atoms with van der Waals surface area (Å²) in [6.45, 7) is 1.03. The Morgan fingerprint density at radius 3 is 2.17 bits per heavy atom. The summed E-state index contributed by atoms with van der Waals surface area (Å²) in [6.07, 6.45) is -1.80. The van der Waals surface area contributed by atoms with Crippen LogP contribution in [0.1, 0.15) is 47.2 Å². The molecule has 2 aliphatic heterocycles. The zero-order valence-electron chi connectivity index (χ0n) is 22.0. The van der Waals surface area contributed by atoms with E-state index in [2.05, 4.69) is 15.5 Å². The van der Waals surface area contributed by atoms with Crippen molar-refractivity contribution in [1.82, 2.24) is 15.5 Å². The molecule has 3 aromatic rings. The van der Waals surface area contributed by atoms with Crippen molar-refractivity contribution in [2.45, 2.75) is 53.1 Å². The number of fused-ring (bicyclic) bond motifs is 2. The van der Waals surface area contributed by atoms with E-state index in [-0.39, 0.29) is 11.9 Å². The van der Waals surface area contributed by atoms with Gasteiger partial charge in [0.1, 0.15) is 12.0 Å². The van der Waals surface area contributed by atoms with Crippen molar-refractivity contribution in [3.05, 3.63) is 95.6 Å². The number of benzene rings is 3. The van der Waals surface area contributed by atoms with E-state index in [0.29, 0.717) is 18.4 Å². The Bertz CT molecular complexity index is 1300. The quantitative estimate of drug-likeness (QED) is 0.322. The van der Waals surface area contributed by atoms with Gasteiger partial charge in [0.05, 0.1) is 0 Å². The van der Waals surface area contributed by atoms with Crippen LogP contribution in [0, 0.1) is 0 Å². The fourth-order valence-electron chi connectivity index (χ4n) is 5.78. The first-order valence-electron chi connectivity index (χ1n) is 13.6. The SMILES string of the molecule is O=C(NC1CCN(CCCCC2(C(=O)NCC(F)(F)F)c3ccccc3Sc3ccccc32)C1)c1ccccc1. The minimum absolute atomic E-state index is 0.0707. The average molecular weight is 568 g/mol. The van der Waals surface area contributed by atoms with Crippen LogP contribution in [0.4, 0.5) is 13.2 Å². The number of alkyl halides is 3. The van der Waals surface area contributed by atoms with Gasteiger partial charge in [0.2, 0.25) is 5.91 Å². The number of nitrogens with one attached hydrogen (secondary N) is 2. The lowest BCUT2D eigenvalue weighted by molar-refractivity contribution is -0.141. The molecule has 2 heterocycles. The normalized spacial score (nSPS) is 18.0. The predicted octanol–water partition coefficient (Wildman–Crippen LogP) is 5.79. The molecule has 2 N–H and O–H groups in total. The Morgan fingerprint density at radius 1 is 0.900 bits per heavy atom. The van der Waals surface area contributed by atoms with Crippen molar-refractivity contribution >= 4 is 23.6 Å². The highest BCUT2D eigenvalue weighted by Crippen LogP contribution is 2.51. The maximum Gasteiger partial charge on any atom is 0.405 e. The van der Waals surface area contributed by atoms with Gasteiger partial charge >= 0.3 is 6.18 Å². The van der Waals surface area contributed by atoms with Crippen LogP contribution in [0.15, 0.2) is 88.7 Å². The van der Waals surface area contributed by atoms with Crippen molar-refractivity contribution < 1.29 is 22.8 Å². The Hall–Kier alpha value is -3.30. The van der Waals surface area contributed by atoms with Gasteiger partial charge in [-0.2, -0.15) is 13.2 Å². The number of unbranched alkanes of at least 4 members (excludes halogenated alkanes) is 1.